The molecule has 2 aromatic carbocycles. The van der Waals surface area contributed by atoms with E-state index >= 15 is 0 Å². The molecule has 3 rings (SSSR count). The van der Waals surface area contributed by atoms with Crippen molar-refractivity contribution in [3.05, 3.63) is 70.6 Å². The molecule has 1 amide bonds. The van der Waals surface area contributed by atoms with E-state index in [0.717, 1.165) is 17.7 Å². The molecule has 0 bridgehead atoms. The Balaban J connectivity index is 1.54. The molecular formula is C20H20ClFN2O. The van der Waals surface area contributed by atoms with Crippen LogP contribution in [0.2, 0.25) is 5.02 Å². The highest BCUT2D eigenvalue weighted by atomic mass is 35.5. The molecule has 1 aromatic heterocycles. The van der Waals surface area contributed by atoms with Gasteiger partial charge >= 0.3 is 0 Å². The molecule has 0 fully saturated rings. The van der Waals surface area contributed by atoms with Gasteiger partial charge in [-0.3, -0.25) is 4.79 Å². The Labute approximate surface area is 151 Å². The zero-order valence-electron chi connectivity index (χ0n) is 14.1. The predicted octanol–water partition coefficient (Wildman–Crippen LogP) is 4.70. The molecule has 0 radical (unpaired) electrons. The first-order valence-corrected chi connectivity index (χ1v) is 8.73. The van der Waals surface area contributed by atoms with Gasteiger partial charge in [-0.15, -0.1) is 0 Å². The van der Waals surface area contributed by atoms with Crippen LogP contribution in [-0.4, -0.2) is 10.5 Å². The minimum absolute atomic E-state index is 0.0355. The Morgan fingerprint density at radius 3 is 2.72 bits per heavy atom. The molecule has 3 aromatic rings. The highest BCUT2D eigenvalue weighted by Gasteiger charge is 2.06. The van der Waals surface area contributed by atoms with Crippen molar-refractivity contribution >= 4 is 28.4 Å². The first-order chi connectivity index (χ1) is 12.1. The summed E-state index contributed by atoms with van der Waals surface area (Å²) in [6, 6.07) is 12.9. The van der Waals surface area contributed by atoms with Crippen LogP contribution in [0.5, 0.6) is 0 Å². The summed E-state index contributed by atoms with van der Waals surface area (Å²) >= 11 is 5.74. The number of amides is 1. The summed E-state index contributed by atoms with van der Waals surface area (Å²) in [7, 11) is 0. The summed E-state index contributed by atoms with van der Waals surface area (Å²) in [5, 5.41) is 4.11. The number of carbonyl (C=O) groups is 1. The Bertz CT molecular complexity index is 904. The number of benzene rings is 2. The maximum Gasteiger partial charge on any atom is 0.220 e. The van der Waals surface area contributed by atoms with E-state index in [2.05, 4.69) is 47.3 Å². The number of carbonyl (C=O) groups excluding carboxylic acids is 1. The Morgan fingerprint density at radius 2 is 1.96 bits per heavy atom. The van der Waals surface area contributed by atoms with Gasteiger partial charge in [-0.1, -0.05) is 23.7 Å². The number of halogens is 2. The number of rotatable bonds is 6. The van der Waals surface area contributed by atoms with Crippen LogP contribution in [0.1, 0.15) is 24.5 Å². The lowest BCUT2D eigenvalue weighted by Crippen LogP contribution is -2.23. The molecule has 0 aliphatic heterocycles. The van der Waals surface area contributed by atoms with Crippen LogP contribution in [0.15, 0.2) is 48.7 Å². The normalized spacial score (nSPS) is 11.0. The summed E-state index contributed by atoms with van der Waals surface area (Å²) in [6.07, 6.45) is 3.17. The van der Waals surface area contributed by atoms with Gasteiger partial charge in [0, 0.05) is 31.2 Å². The third-order valence-corrected chi connectivity index (χ3v) is 4.58. The standard InChI is InChI=1S/C20H20ClFN2O/c1-2-24-10-9-16-11-14(4-7-19(16)24)5-8-20(25)23-13-15-3-6-18(22)17(21)12-15/h3-4,6-7,9-12H,2,5,8,13H2,1H3,(H,23,25). The number of hydrogen-bond acceptors (Lipinski definition) is 1. The predicted molar refractivity (Wildman–Crippen MR) is 99.2 cm³/mol. The Hall–Kier alpha value is -2.33. The SMILES string of the molecule is CCn1ccc2cc(CCC(=O)NCc3ccc(F)c(Cl)c3)ccc21. The van der Waals surface area contributed by atoms with E-state index in [4.69, 9.17) is 11.6 Å². The molecule has 0 spiro atoms. The molecule has 0 saturated heterocycles. The van der Waals surface area contributed by atoms with Gasteiger partial charge in [0.1, 0.15) is 5.82 Å². The third kappa shape index (κ3) is 4.20. The van der Waals surface area contributed by atoms with E-state index in [9.17, 15) is 9.18 Å². The molecule has 130 valence electrons. The van der Waals surface area contributed by atoms with Crippen LogP contribution >= 0.6 is 11.6 Å². The monoisotopic (exact) mass is 358 g/mol. The van der Waals surface area contributed by atoms with Crippen LogP contribution in [0.4, 0.5) is 4.39 Å². The fourth-order valence-corrected chi connectivity index (χ4v) is 3.08. The molecule has 1 heterocycles. The summed E-state index contributed by atoms with van der Waals surface area (Å²) in [4.78, 5) is 12.0. The topological polar surface area (TPSA) is 34.0 Å². The van der Waals surface area contributed by atoms with Crippen LogP contribution in [0, 0.1) is 5.82 Å². The quantitative estimate of drug-likeness (QED) is 0.680. The van der Waals surface area contributed by atoms with Gasteiger partial charge in [0.05, 0.1) is 5.02 Å². The van der Waals surface area contributed by atoms with E-state index in [0.29, 0.717) is 19.4 Å². The molecule has 3 nitrogen and oxygen atoms in total. The minimum atomic E-state index is -0.455. The molecule has 5 heteroatoms. The molecule has 0 saturated carbocycles. The third-order valence-electron chi connectivity index (χ3n) is 4.29. The number of hydrogen-bond donors (Lipinski definition) is 1. The molecule has 0 aliphatic carbocycles. The van der Waals surface area contributed by atoms with Crippen LogP contribution < -0.4 is 5.32 Å². The summed E-state index contributed by atoms with van der Waals surface area (Å²) in [5.74, 6) is -0.490. The van der Waals surface area contributed by atoms with Crippen molar-refractivity contribution < 1.29 is 9.18 Å². The fraction of sp³-hybridized carbons (Fsp3) is 0.250. The molecule has 1 N–H and O–H groups in total. The van der Waals surface area contributed by atoms with Crippen molar-refractivity contribution in [3.63, 3.8) is 0 Å². The van der Waals surface area contributed by atoms with Gasteiger partial charge in [-0.25, -0.2) is 4.39 Å². The lowest BCUT2D eigenvalue weighted by molar-refractivity contribution is -0.121. The van der Waals surface area contributed by atoms with Gasteiger partial charge in [0.15, 0.2) is 0 Å². The van der Waals surface area contributed by atoms with Crippen LogP contribution in [0.25, 0.3) is 10.9 Å². The largest absolute Gasteiger partial charge is 0.352 e. The Morgan fingerprint density at radius 1 is 1.16 bits per heavy atom. The number of aromatic nitrogens is 1. The average Bonchev–Trinajstić information content (AvgIpc) is 3.03. The van der Waals surface area contributed by atoms with Crippen molar-refractivity contribution in [2.24, 2.45) is 0 Å². The fourth-order valence-electron chi connectivity index (χ4n) is 2.88. The lowest BCUT2D eigenvalue weighted by atomic mass is 10.1. The second kappa shape index (κ2) is 7.70. The van der Waals surface area contributed by atoms with E-state index in [1.807, 2.05) is 0 Å². The lowest BCUT2D eigenvalue weighted by Gasteiger charge is -2.07. The van der Waals surface area contributed by atoms with E-state index < -0.39 is 5.82 Å². The number of fused-ring (bicyclic) bond motifs is 1. The molecule has 0 aliphatic rings. The number of nitrogens with one attached hydrogen (secondary N) is 1. The van der Waals surface area contributed by atoms with Gasteiger partial charge in [0.2, 0.25) is 5.91 Å². The summed E-state index contributed by atoms with van der Waals surface area (Å²) in [5.41, 5.74) is 3.13. The number of nitrogens with zero attached hydrogens (tertiary/aromatic N) is 1. The van der Waals surface area contributed by atoms with Gasteiger partial charge < -0.3 is 9.88 Å². The highest BCUT2D eigenvalue weighted by Crippen LogP contribution is 2.19. The molecular weight excluding hydrogens is 339 g/mol. The second-order valence-electron chi connectivity index (χ2n) is 6.02. The second-order valence-corrected chi connectivity index (χ2v) is 6.43. The summed E-state index contributed by atoms with van der Waals surface area (Å²) < 4.78 is 15.3. The van der Waals surface area contributed by atoms with E-state index in [-0.39, 0.29) is 10.9 Å². The van der Waals surface area contributed by atoms with Crippen LogP contribution in [-0.2, 0) is 24.3 Å². The maximum atomic E-state index is 13.1. The smallest absolute Gasteiger partial charge is 0.220 e. The van der Waals surface area contributed by atoms with E-state index in [1.165, 1.54) is 23.0 Å². The van der Waals surface area contributed by atoms with Crippen LogP contribution in [0.3, 0.4) is 0 Å². The molecule has 0 atom stereocenters. The zero-order valence-corrected chi connectivity index (χ0v) is 14.8. The van der Waals surface area contributed by atoms with Crippen molar-refractivity contribution in [2.75, 3.05) is 0 Å². The maximum absolute atomic E-state index is 13.1. The van der Waals surface area contributed by atoms with Crippen molar-refractivity contribution in [1.82, 2.24) is 9.88 Å². The number of aryl methyl sites for hydroxylation is 2. The zero-order chi connectivity index (χ0) is 17.8. The van der Waals surface area contributed by atoms with Crippen molar-refractivity contribution in [3.8, 4) is 0 Å². The van der Waals surface area contributed by atoms with Crippen molar-refractivity contribution in [1.29, 1.82) is 0 Å². The summed E-state index contributed by atoms with van der Waals surface area (Å²) in [6.45, 7) is 3.40. The van der Waals surface area contributed by atoms with Gasteiger partial charge in [0.25, 0.3) is 0 Å². The minimum Gasteiger partial charge on any atom is -0.352 e. The van der Waals surface area contributed by atoms with E-state index in [1.54, 1.807) is 6.07 Å². The molecule has 0 unspecified atom stereocenters. The average molecular weight is 359 g/mol. The first-order valence-electron chi connectivity index (χ1n) is 8.35. The van der Waals surface area contributed by atoms with Gasteiger partial charge in [-0.2, -0.15) is 0 Å². The van der Waals surface area contributed by atoms with Crippen molar-refractivity contribution in [2.45, 2.75) is 32.9 Å². The highest BCUT2D eigenvalue weighted by molar-refractivity contribution is 6.30. The Kier molecular flexibility index (Phi) is 5.39. The molecule has 25 heavy (non-hydrogen) atoms. The van der Waals surface area contributed by atoms with Gasteiger partial charge in [-0.05, 0) is 60.2 Å². The first kappa shape index (κ1) is 17.5.